The van der Waals surface area contributed by atoms with Crippen LogP contribution in [0.25, 0.3) is 0 Å². The molecule has 0 amide bonds. The van der Waals surface area contributed by atoms with Gasteiger partial charge < -0.3 is 5.32 Å². The van der Waals surface area contributed by atoms with E-state index in [1.54, 1.807) is 0 Å². The third-order valence-electron chi connectivity index (χ3n) is 2.15. The van der Waals surface area contributed by atoms with Crippen LogP contribution >= 0.6 is 0 Å². The molecule has 1 rings (SSSR count). The van der Waals surface area contributed by atoms with E-state index in [9.17, 15) is 0 Å². The predicted octanol–water partition coefficient (Wildman–Crippen LogP) is 2.70. The Hall–Kier alpha value is -1.15. The Kier molecular flexibility index (Phi) is 4.94. The lowest BCUT2D eigenvalue weighted by Gasteiger charge is -2.16. The molecule has 2 nitrogen and oxygen atoms in total. The SMILES string of the molecule is C=CCCC(NCC)c1ccccn1. The van der Waals surface area contributed by atoms with Crippen molar-refractivity contribution in [3.63, 3.8) is 0 Å². The summed E-state index contributed by atoms with van der Waals surface area (Å²) in [5, 5.41) is 3.42. The summed E-state index contributed by atoms with van der Waals surface area (Å²) in [4.78, 5) is 4.35. The maximum atomic E-state index is 4.35. The smallest absolute Gasteiger partial charge is 0.0573 e. The zero-order chi connectivity index (χ0) is 10.2. The molecule has 0 spiro atoms. The molecule has 0 saturated heterocycles. The van der Waals surface area contributed by atoms with Crippen molar-refractivity contribution in [1.82, 2.24) is 10.3 Å². The second-order valence-corrected chi connectivity index (χ2v) is 3.23. The Morgan fingerprint density at radius 2 is 2.43 bits per heavy atom. The van der Waals surface area contributed by atoms with Gasteiger partial charge in [-0.2, -0.15) is 0 Å². The molecule has 0 fully saturated rings. The van der Waals surface area contributed by atoms with E-state index < -0.39 is 0 Å². The van der Waals surface area contributed by atoms with E-state index in [1.165, 1.54) is 0 Å². The average Bonchev–Trinajstić information content (AvgIpc) is 2.25. The van der Waals surface area contributed by atoms with E-state index >= 15 is 0 Å². The lowest BCUT2D eigenvalue weighted by atomic mass is 10.1. The van der Waals surface area contributed by atoms with Gasteiger partial charge in [-0.3, -0.25) is 4.98 Å². The number of aromatic nitrogens is 1. The molecule has 0 aliphatic rings. The normalized spacial score (nSPS) is 12.4. The van der Waals surface area contributed by atoms with Crippen LogP contribution in [0, 0.1) is 0 Å². The number of hydrogen-bond acceptors (Lipinski definition) is 2. The van der Waals surface area contributed by atoms with E-state index in [4.69, 9.17) is 0 Å². The first-order valence-corrected chi connectivity index (χ1v) is 5.13. The zero-order valence-corrected chi connectivity index (χ0v) is 8.74. The molecular formula is C12H18N2. The van der Waals surface area contributed by atoms with E-state index in [0.29, 0.717) is 6.04 Å². The highest BCUT2D eigenvalue weighted by Crippen LogP contribution is 2.15. The molecule has 1 N–H and O–H groups in total. The minimum atomic E-state index is 0.360. The molecule has 1 aromatic heterocycles. The van der Waals surface area contributed by atoms with Crippen LogP contribution in [0.1, 0.15) is 31.5 Å². The summed E-state index contributed by atoms with van der Waals surface area (Å²) >= 11 is 0. The van der Waals surface area contributed by atoms with Crippen molar-refractivity contribution in [3.05, 3.63) is 42.7 Å². The van der Waals surface area contributed by atoms with Crippen molar-refractivity contribution in [2.45, 2.75) is 25.8 Å². The Labute approximate surface area is 86.1 Å². The van der Waals surface area contributed by atoms with Crippen LogP contribution in [0.5, 0.6) is 0 Å². The maximum absolute atomic E-state index is 4.35. The topological polar surface area (TPSA) is 24.9 Å². The summed E-state index contributed by atoms with van der Waals surface area (Å²) in [6, 6.07) is 6.40. The van der Waals surface area contributed by atoms with Crippen LogP contribution in [0.4, 0.5) is 0 Å². The number of nitrogens with one attached hydrogen (secondary N) is 1. The predicted molar refractivity (Wildman–Crippen MR) is 60.1 cm³/mol. The number of hydrogen-bond donors (Lipinski definition) is 1. The fourth-order valence-electron chi connectivity index (χ4n) is 1.47. The van der Waals surface area contributed by atoms with Gasteiger partial charge >= 0.3 is 0 Å². The van der Waals surface area contributed by atoms with E-state index in [0.717, 1.165) is 25.1 Å². The van der Waals surface area contributed by atoms with Crippen molar-refractivity contribution < 1.29 is 0 Å². The van der Waals surface area contributed by atoms with Gasteiger partial charge in [0.1, 0.15) is 0 Å². The first kappa shape index (κ1) is 10.9. The van der Waals surface area contributed by atoms with Gasteiger partial charge in [-0.15, -0.1) is 6.58 Å². The maximum Gasteiger partial charge on any atom is 0.0573 e. The zero-order valence-electron chi connectivity index (χ0n) is 8.74. The van der Waals surface area contributed by atoms with Crippen LogP contribution in [-0.4, -0.2) is 11.5 Å². The van der Waals surface area contributed by atoms with Crippen LogP contribution < -0.4 is 5.32 Å². The third-order valence-corrected chi connectivity index (χ3v) is 2.15. The lowest BCUT2D eigenvalue weighted by molar-refractivity contribution is 0.508. The summed E-state index contributed by atoms with van der Waals surface area (Å²) in [6.45, 7) is 6.82. The molecule has 1 atom stereocenters. The second kappa shape index (κ2) is 6.33. The Morgan fingerprint density at radius 1 is 1.57 bits per heavy atom. The molecule has 0 aliphatic heterocycles. The molecule has 2 heteroatoms. The van der Waals surface area contributed by atoms with Gasteiger partial charge in [0.05, 0.1) is 5.69 Å². The van der Waals surface area contributed by atoms with Gasteiger partial charge in [0.2, 0.25) is 0 Å². The lowest BCUT2D eigenvalue weighted by Crippen LogP contribution is -2.21. The van der Waals surface area contributed by atoms with Crippen molar-refractivity contribution in [2.24, 2.45) is 0 Å². The quantitative estimate of drug-likeness (QED) is 0.698. The van der Waals surface area contributed by atoms with Gasteiger partial charge in [0.25, 0.3) is 0 Å². The fourth-order valence-corrected chi connectivity index (χ4v) is 1.47. The van der Waals surface area contributed by atoms with E-state index in [-0.39, 0.29) is 0 Å². The number of nitrogens with zero attached hydrogens (tertiary/aromatic N) is 1. The molecule has 0 saturated carbocycles. The summed E-state index contributed by atoms with van der Waals surface area (Å²) in [6.07, 6.45) is 5.88. The highest BCUT2D eigenvalue weighted by molar-refractivity contribution is 5.08. The van der Waals surface area contributed by atoms with Crippen molar-refractivity contribution in [2.75, 3.05) is 6.54 Å². The van der Waals surface area contributed by atoms with Gasteiger partial charge in [0.15, 0.2) is 0 Å². The molecule has 1 heterocycles. The standard InChI is InChI=1S/C12H18N2/c1-3-5-8-11(13-4-2)12-9-6-7-10-14-12/h3,6-7,9-11,13H,1,4-5,8H2,2H3. The van der Waals surface area contributed by atoms with E-state index in [1.807, 2.05) is 24.4 Å². The molecule has 76 valence electrons. The monoisotopic (exact) mass is 190 g/mol. The number of pyridine rings is 1. The minimum Gasteiger partial charge on any atom is -0.309 e. The van der Waals surface area contributed by atoms with Gasteiger partial charge in [-0.1, -0.05) is 19.1 Å². The van der Waals surface area contributed by atoms with Crippen LogP contribution in [0.3, 0.4) is 0 Å². The molecule has 0 aliphatic carbocycles. The molecule has 1 unspecified atom stereocenters. The minimum absolute atomic E-state index is 0.360. The first-order chi connectivity index (χ1) is 6.88. The van der Waals surface area contributed by atoms with Gasteiger partial charge in [0, 0.05) is 12.2 Å². The Bertz CT molecular complexity index is 256. The average molecular weight is 190 g/mol. The Balaban J connectivity index is 2.62. The van der Waals surface area contributed by atoms with Crippen LogP contribution in [0.15, 0.2) is 37.1 Å². The number of allylic oxidation sites excluding steroid dienone is 1. The van der Waals surface area contributed by atoms with Crippen molar-refractivity contribution >= 4 is 0 Å². The molecule has 0 radical (unpaired) electrons. The first-order valence-electron chi connectivity index (χ1n) is 5.13. The van der Waals surface area contributed by atoms with Crippen LogP contribution in [-0.2, 0) is 0 Å². The molecular weight excluding hydrogens is 172 g/mol. The molecule has 0 aromatic carbocycles. The van der Waals surface area contributed by atoms with E-state index in [2.05, 4.69) is 29.9 Å². The summed E-state index contributed by atoms with van der Waals surface area (Å²) < 4.78 is 0. The van der Waals surface area contributed by atoms with Gasteiger partial charge in [-0.25, -0.2) is 0 Å². The largest absolute Gasteiger partial charge is 0.309 e. The van der Waals surface area contributed by atoms with Crippen molar-refractivity contribution in [1.29, 1.82) is 0 Å². The second-order valence-electron chi connectivity index (χ2n) is 3.23. The van der Waals surface area contributed by atoms with Gasteiger partial charge in [-0.05, 0) is 31.5 Å². The highest BCUT2D eigenvalue weighted by Gasteiger charge is 2.09. The van der Waals surface area contributed by atoms with Crippen LogP contribution in [0.2, 0.25) is 0 Å². The number of rotatable bonds is 6. The Morgan fingerprint density at radius 3 is 3.00 bits per heavy atom. The third kappa shape index (κ3) is 3.30. The summed E-state index contributed by atoms with van der Waals surface area (Å²) in [7, 11) is 0. The fraction of sp³-hybridized carbons (Fsp3) is 0.417. The molecule has 14 heavy (non-hydrogen) atoms. The molecule has 0 bridgehead atoms. The molecule has 1 aromatic rings. The highest BCUT2D eigenvalue weighted by atomic mass is 14.9. The summed E-state index contributed by atoms with van der Waals surface area (Å²) in [5.74, 6) is 0. The summed E-state index contributed by atoms with van der Waals surface area (Å²) in [5.41, 5.74) is 1.12. The van der Waals surface area contributed by atoms with Crippen molar-refractivity contribution in [3.8, 4) is 0 Å².